The maximum Gasteiger partial charge on any atom is 0.573 e. The van der Waals surface area contributed by atoms with Gasteiger partial charge >= 0.3 is 6.36 Å². The Morgan fingerprint density at radius 2 is 2.10 bits per heavy atom. The van der Waals surface area contributed by atoms with Gasteiger partial charge in [0.2, 0.25) is 0 Å². The highest BCUT2D eigenvalue weighted by molar-refractivity contribution is 9.10. The van der Waals surface area contributed by atoms with Crippen LogP contribution in [0.5, 0.6) is 5.75 Å². The molecule has 0 radical (unpaired) electrons. The van der Waals surface area contributed by atoms with Gasteiger partial charge < -0.3 is 10.1 Å². The number of alkyl halides is 3. The summed E-state index contributed by atoms with van der Waals surface area (Å²) in [6, 6.07) is 6.17. The zero-order chi connectivity index (χ0) is 14.8. The Morgan fingerprint density at radius 1 is 1.35 bits per heavy atom. The monoisotopic (exact) mass is 349 g/mol. The Balaban J connectivity index is 2.14. The van der Waals surface area contributed by atoms with E-state index in [9.17, 15) is 13.2 Å². The van der Waals surface area contributed by atoms with Crippen molar-refractivity contribution in [3.8, 4) is 5.75 Å². The van der Waals surface area contributed by atoms with Gasteiger partial charge in [-0.3, -0.25) is 4.68 Å². The van der Waals surface area contributed by atoms with Crippen LogP contribution in [0.3, 0.4) is 0 Å². The fraction of sp³-hybridized carbons (Fsp3) is 0.250. The zero-order valence-corrected chi connectivity index (χ0v) is 12.0. The van der Waals surface area contributed by atoms with Crippen molar-refractivity contribution in [3.05, 3.63) is 40.6 Å². The highest BCUT2D eigenvalue weighted by Crippen LogP contribution is 2.33. The van der Waals surface area contributed by atoms with E-state index in [4.69, 9.17) is 0 Å². The van der Waals surface area contributed by atoms with E-state index in [0.717, 1.165) is 0 Å². The minimum atomic E-state index is -4.73. The van der Waals surface area contributed by atoms with Gasteiger partial charge in [-0.05, 0) is 24.3 Å². The Bertz CT molecular complexity index is 598. The van der Waals surface area contributed by atoms with E-state index in [-0.39, 0.29) is 11.4 Å². The lowest BCUT2D eigenvalue weighted by atomic mass is 10.3. The molecular weight excluding hydrogens is 339 g/mol. The quantitative estimate of drug-likeness (QED) is 0.914. The van der Waals surface area contributed by atoms with E-state index in [2.05, 4.69) is 31.1 Å². The zero-order valence-electron chi connectivity index (χ0n) is 10.4. The van der Waals surface area contributed by atoms with Crippen LogP contribution in [-0.2, 0) is 13.6 Å². The summed E-state index contributed by atoms with van der Waals surface area (Å²) in [5.74, 6) is -0.289. The summed E-state index contributed by atoms with van der Waals surface area (Å²) in [5.41, 5.74) is 0.963. The van der Waals surface area contributed by atoms with Crippen LogP contribution in [0.15, 0.2) is 34.9 Å². The average molecular weight is 350 g/mol. The van der Waals surface area contributed by atoms with Crippen LogP contribution < -0.4 is 10.1 Å². The normalized spacial score (nSPS) is 11.4. The molecule has 0 saturated heterocycles. The fourth-order valence-electron chi connectivity index (χ4n) is 1.59. The minimum absolute atomic E-state index is 0.246. The molecule has 0 bridgehead atoms. The van der Waals surface area contributed by atoms with Gasteiger partial charge in [0.1, 0.15) is 0 Å². The van der Waals surface area contributed by atoms with Crippen molar-refractivity contribution in [2.45, 2.75) is 12.9 Å². The largest absolute Gasteiger partial charge is 0.573 e. The molecular formula is C12H11BrF3N3O. The van der Waals surface area contributed by atoms with Crippen LogP contribution in [0.25, 0.3) is 0 Å². The second-order valence-corrected chi connectivity index (χ2v) is 4.94. The SMILES string of the molecule is Cn1ccc(CNc2ccc(Br)cc2OC(F)(F)F)n1. The molecule has 8 heteroatoms. The van der Waals surface area contributed by atoms with Crippen molar-refractivity contribution in [1.29, 1.82) is 0 Å². The van der Waals surface area contributed by atoms with Crippen LogP contribution in [-0.4, -0.2) is 16.1 Å². The third-order valence-corrected chi connectivity index (χ3v) is 2.89. The molecule has 1 aromatic carbocycles. The molecule has 0 unspecified atom stereocenters. The summed E-state index contributed by atoms with van der Waals surface area (Å²) in [5, 5.41) is 7.00. The van der Waals surface area contributed by atoms with Crippen LogP contribution in [0.2, 0.25) is 0 Å². The first-order chi connectivity index (χ1) is 9.33. The second kappa shape index (κ2) is 5.74. The molecule has 0 aliphatic carbocycles. The Hall–Kier alpha value is -1.70. The van der Waals surface area contributed by atoms with E-state index in [1.807, 2.05) is 0 Å². The number of rotatable bonds is 4. The molecule has 0 aliphatic heterocycles. The summed E-state index contributed by atoms with van der Waals surface area (Å²) in [7, 11) is 1.77. The molecule has 0 fully saturated rings. The van der Waals surface area contributed by atoms with Gasteiger partial charge in [-0.1, -0.05) is 15.9 Å². The molecule has 1 aromatic heterocycles. The fourth-order valence-corrected chi connectivity index (χ4v) is 1.93. The number of hydrogen-bond donors (Lipinski definition) is 1. The van der Waals surface area contributed by atoms with Crippen molar-refractivity contribution in [3.63, 3.8) is 0 Å². The maximum absolute atomic E-state index is 12.3. The van der Waals surface area contributed by atoms with Crippen molar-refractivity contribution in [1.82, 2.24) is 9.78 Å². The van der Waals surface area contributed by atoms with Gasteiger partial charge in [0, 0.05) is 17.7 Å². The van der Waals surface area contributed by atoms with Gasteiger partial charge in [-0.2, -0.15) is 5.10 Å². The Morgan fingerprint density at radius 3 is 2.70 bits per heavy atom. The highest BCUT2D eigenvalue weighted by Gasteiger charge is 2.32. The molecule has 2 aromatic rings. The number of halogens is 4. The number of hydrogen-bond acceptors (Lipinski definition) is 3. The van der Waals surface area contributed by atoms with Crippen LogP contribution >= 0.6 is 15.9 Å². The lowest BCUT2D eigenvalue weighted by Crippen LogP contribution is -2.18. The first kappa shape index (κ1) is 14.7. The van der Waals surface area contributed by atoms with Gasteiger partial charge in [0.05, 0.1) is 17.9 Å². The third kappa shape index (κ3) is 4.16. The number of nitrogens with one attached hydrogen (secondary N) is 1. The topological polar surface area (TPSA) is 39.1 Å². The van der Waals surface area contributed by atoms with Crippen LogP contribution in [0, 0.1) is 0 Å². The van der Waals surface area contributed by atoms with Crippen molar-refractivity contribution in [2.24, 2.45) is 7.05 Å². The summed E-state index contributed by atoms with van der Waals surface area (Å²) in [4.78, 5) is 0. The molecule has 108 valence electrons. The smallest absolute Gasteiger partial charge is 0.404 e. The number of benzene rings is 1. The third-order valence-electron chi connectivity index (χ3n) is 2.40. The summed E-state index contributed by atoms with van der Waals surface area (Å²) in [6.07, 6.45) is -2.98. The van der Waals surface area contributed by atoms with Gasteiger partial charge in [-0.25, -0.2) is 0 Å². The van der Waals surface area contributed by atoms with Crippen LogP contribution in [0.1, 0.15) is 5.69 Å². The molecule has 20 heavy (non-hydrogen) atoms. The lowest BCUT2D eigenvalue weighted by molar-refractivity contribution is -0.274. The van der Waals surface area contributed by atoms with Crippen molar-refractivity contribution in [2.75, 3.05) is 5.32 Å². The molecule has 0 amide bonds. The molecule has 0 aliphatic rings. The van der Waals surface area contributed by atoms with E-state index >= 15 is 0 Å². The number of anilines is 1. The van der Waals surface area contributed by atoms with E-state index in [1.165, 1.54) is 12.1 Å². The molecule has 1 N–H and O–H groups in total. The first-order valence-electron chi connectivity index (χ1n) is 5.61. The maximum atomic E-state index is 12.3. The summed E-state index contributed by atoms with van der Waals surface area (Å²) >= 11 is 3.11. The molecule has 0 saturated carbocycles. The summed E-state index contributed by atoms with van der Waals surface area (Å²) in [6.45, 7) is 0.302. The van der Waals surface area contributed by atoms with E-state index in [1.54, 1.807) is 30.1 Å². The standard InChI is InChI=1S/C12H11BrF3N3O/c1-19-5-4-9(18-19)7-17-10-3-2-8(13)6-11(10)20-12(14,15)16/h2-6,17H,7H2,1H3. The molecule has 0 spiro atoms. The summed E-state index contributed by atoms with van der Waals surface area (Å²) < 4.78 is 43.1. The molecule has 2 rings (SSSR count). The predicted molar refractivity (Wildman–Crippen MR) is 71.4 cm³/mol. The van der Waals surface area contributed by atoms with E-state index < -0.39 is 6.36 Å². The van der Waals surface area contributed by atoms with Gasteiger partial charge in [0.25, 0.3) is 0 Å². The number of aromatic nitrogens is 2. The van der Waals surface area contributed by atoms with Crippen LogP contribution in [0.4, 0.5) is 18.9 Å². The average Bonchev–Trinajstić information content (AvgIpc) is 2.72. The number of nitrogens with zero attached hydrogens (tertiary/aromatic N) is 2. The van der Waals surface area contributed by atoms with E-state index in [0.29, 0.717) is 16.7 Å². The molecule has 1 heterocycles. The highest BCUT2D eigenvalue weighted by atomic mass is 79.9. The molecule has 0 atom stereocenters. The number of ether oxygens (including phenoxy) is 1. The first-order valence-corrected chi connectivity index (χ1v) is 6.40. The van der Waals surface area contributed by atoms with Crippen molar-refractivity contribution >= 4 is 21.6 Å². The number of aryl methyl sites for hydroxylation is 1. The lowest BCUT2D eigenvalue weighted by Gasteiger charge is -2.14. The second-order valence-electron chi connectivity index (χ2n) is 4.02. The Kier molecular flexibility index (Phi) is 4.22. The van der Waals surface area contributed by atoms with Crippen molar-refractivity contribution < 1.29 is 17.9 Å². The minimum Gasteiger partial charge on any atom is -0.404 e. The van der Waals surface area contributed by atoms with Gasteiger partial charge in [-0.15, -0.1) is 13.2 Å². The van der Waals surface area contributed by atoms with Gasteiger partial charge in [0.15, 0.2) is 5.75 Å². The molecule has 4 nitrogen and oxygen atoms in total. The predicted octanol–water partition coefficient (Wildman–Crippen LogP) is 3.69. The Labute approximate surface area is 121 Å².